The summed E-state index contributed by atoms with van der Waals surface area (Å²) in [6.07, 6.45) is 0.891. The van der Waals surface area contributed by atoms with E-state index in [4.69, 9.17) is 10.5 Å². The van der Waals surface area contributed by atoms with Crippen LogP contribution in [-0.4, -0.2) is 25.7 Å². The van der Waals surface area contributed by atoms with Gasteiger partial charge in [-0.1, -0.05) is 26.0 Å². The zero-order valence-electron chi connectivity index (χ0n) is 12.1. The molecule has 0 fully saturated rings. The Kier molecular flexibility index (Phi) is 6.97. The van der Waals surface area contributed by atoms with E-state index in [2.05, 4.69) is 36.3 Å². The highest BCUT2D eigenvalue weighted by Gasteiger charge is 2.00. The lowest BCUT2D eigenvalue weighted by atomic mass is 10.0. The number of hydrogen-bond donors (Lipinski definition) is 2. The van der Waals surface area contributed by atoms with Crippen LogP contribution in [0.15, 0.2) is 29.3 Å². The van der Waals surface area contributed by atoms with Gasteiger partial charge < -0.3 is 15.8 Å². The van der Waals surface area contributed by atoms with E-state index < -0.39 is 0 Å². The van der Waals surface area contributed by atoms with E-state index in [9.17, 15) is 0 Å². The average molecular weight is 263 g/mol. The number of hydrogen-bond acceptors (Lipinski definition) is 2. The Morgan fingerprint density at radius 3 is 2.89 bits per heavy atom. The van der Waals surface area contributed by atoms with Crippen molar-refractivity contribution < 1.29 is 4.74 Å². The number of benzene rings is 1. The van der Waals surface area contributed by atoms with Crippen molar-refractivity contribution in [2.24, 2.45) is 10.7 Å². The number of rotatable bonds is 7. The van der Waals surface area contributed by atoms with Gasteiger partial charge in [0, 0.05) is 25.4 Å². The predicted molar refractivity (Wildman–Crippen MR) is 81.8 cm³/mol. The number of nitrogens with two attached hydrogens (primary N) is 1. The largest absolute Gasteiger partial charge is 0.382 e. The smallest absolute Gasteiger partial charge is 0.193 e. The van der Waals surface area contributed by atoms with Gasteiger partial charge >= 0.3 is 0 Å². The molecule has 0 saturated carbocycles. The maximum atomic E-state index is 5.84. The topological polar surface area (TPSA) is 59.6 Å². The first-order chi connectivity index (χ1) is 9.13. The maximum absolute atomic E-state index is 5.84. The first kappa shape index (κ1) is 15.5. The first-order valence-corrected chi connectivity index (χ1v) is 6.88. The van der Waals surface area contributed by atoms with Crippen molar-refractivity contribution >= 4 is 11.6 Å². The van der Waals surface area contributed by atoms with Crippen molar-refractivity contribution in [1.29, 1.82) is 0 Å². The van der Waals surface area contributed by atoms with E-state index in [0.717, 1.165) is 25.3 Å². The fraction of sp³-hybridized carbons (Fsp3) is 0.533. The summed E-state index contributed by atoms with van der Waals surface area (Å²) in [4.78, 5) is 4.27. The van der Waals surface area contributed by atoms with Crippen molar-refractivity contribution in [2.75, 3.05) is 25.1 Å². The minimum Gasteiger partial charge on any atom is -0.382 e. The number of nitrogens with zero attached hydrogens (tertiary/aromatic N) is 1. The fourth-order valence-electron chi connectivity index (χ4n) is 1.67. The van der Waals surface area contributed by atoms with Gasteiger partial charge in [-0.2, -0.15) is 0 Å². The van der Waals surface area contributed by atoms with Gasteiger partial charge in [-0.05, 0) is 37.0 Å². The van der Waals surface area contributed by atoms with Crippen LogP contribution in [0, 0.1) is 0 Å². The van der Waals surface area contributed by atoms with Gasteiger partial charge in [-0.15, -0.1) is 0 Å². The van der Waals surface area contributed by atoms with E-state index in [0.29, 0.717) is 18.4 Å². The van der Waals surface area contributed by atoms with Crippen molar-refractivity contribution in [3.8, 4) is 0 Å². The molecule has 106 valence electrons. The molecule has 1 aromatic rings. The molecule has 0 aromatic heterocycles. The molecule has 19 heavy (non-hydrogen) atoms. The molecule has 3 N–H and O–H groups in total. The van der Waals surface area contributed by atoms with Crippen molar-refractivity contribution in [3.63, 3.8) is 0 Å². The number of aliphatic imine (C=N–C) groups is 1. The summed E-state index contributed by atoms with van der Waals surface area (Å²) in [5.74, 6) is 0.962. The lowest BCUT2D eigenvalue weighted by molar-refractivity contribution is 0.146. The molecule has 0 unspecified atom stereocenters. The van der Waals surface area contributed by atoms with E-state index in [1.54, 1.807) is 0 Å². The SMILES string of the molecule is CCOCCCN=C(N)Nc1cccc(C(C)C)c1. The van der Waals surface area contributed by atoms with Gasteiger partial charge in [0.1, 0.15) is 0 Å². The third-order valence-corrected chi connectivity index (χ3v) is 2.76. The molecule has 0 atom stereocenters. The zero-order chi connectivity index (χ0) is 14.1. The molecule has 0 heterocycles. The molecule has 0 aliphatic heterocycles. The van der Waals surface area contributed by atoms with Crippen LogP contribution in [-0.2, 0) is 4.74 Å². The molecule has 0 spiro atoms. The summed E-state index contributed by atoms with van der Waals surface area (Å²) in [6, 6.07) is 8.24. The molecule has 0 amide bonds. The minimum atomic E-state index is 0.456. The summed E-state index contributed by atoms with van der Waals surface area (Å²) in [5, 5.41) is 3.12. The predicted octanol–water partition coefficient (Wildman–Crippen LogP) is 2.96. The summed E-state index contributed by atoms with van der Waals surface area (Å²) in [6.45, 7) is 8.49. The van der Waals surface area contributed by atoms with Crippen LogP contribution >= 0.6 is 0 Å². The van der Waals surface area contributed by atoms with Crippen LogP contribution in [0.1, 0.15) is 38.7 Å². The first-order valence-electron chi connectivity index (χ1n) is 6.88. The van der Waals surface area contributed by atoms with Gasteiger partial charge in [0.25, 0.3) is 0 Å². The Bertz CT molecular complexity index is 402. The van der Waals surface area contributed by atoms with E-state index >= 15 is 0 Å². The molecule has 0 aliphatic rings. The lowest BCUT2D eigenvalue weighted by Crippen LogP contribution is -2.23. The average Bonchev–Trinajstić information content (AvgIpc) is 2.38. The lowest BCUT2D eigenvalue weighted by Gasteiger charge is -2.10. The van der Waals surface area contributed by atoms with Crippen molar-refractivity contribution in [2.45, 2.75) is 33.1 Å². The van der Waals surface area contributed by atoms with Crippen molar-refractivity contribution in [3.05, 3.63) is 29.8 Å². The summed E-state index contributed by atoms with van der Waals surface area (Å²) >= 11 is 0. The number of guanidine groups is 1. The second-order valence-corrected chi connectivity index (χ2v) is 4.72. The summed E-state index contributed by atoms with van der Waals surface area (Å²) < 4.78 is 5.25. The molecule has 0 radical (unpaired) electrons. The van der Waals surface area contributed by atoms with Gasteiger partial charge in [-0.3, -0.25) is 4.99 Å². The second kappa shape index (κ2) is 8.53. The molecule has 4 heteroatoms. The second-order valence-electron chi connectivity index (χ2n) is 4.72. The molecule has 1 aromatic carbocycles. The Morgan fingerprint density at radius 2 is 2.21 bits per heavy atom. The minimum absolute atomic E-state index is 0.456. The monoisotopic (exact) mass is 263 g/mol. The quantitative estimate of drug-likeness (QED) is 0.452. The van der Waals surface area contributed by atoms with Crippen LogP contribution in [0.2, 0.25) is 0 Å². The van der Waals surface area contributed by atoms with Crippen LogP contribution in [0.5, 0.6) is 0 Å². The molecular formula is C15H25N3O. The molecule has 1 rings (SSSR count). The Labute approximate surface area is 116 Å². The van der Waals surface area contributed by atoms with Crippen LogP contribution in [0.3, 0.4) is 0 Å². The summed E-state index contributed by atoms with van der Waals surface area (Å²) in [5.41, 5.74) is 8.11. The highest BCUT2D eigenvalue weighted by Crippen LogP contribution is 2.18. The van der Waals surface area contributed by atoms with Crippen LogP contribution in [0.4, 0.5) is 5.69 Å². The number of nitrogens with one attached hydrogen (secondary N) is 1. The molecular weight excluding hydrogens is 238 g/mol. The van der Waals surface area contributed by atoms with Gasteiger partial charge in [0.05, 0.1) is 0 Å². The fourth-order valence-corrected chi connectivity index (χ4v) is 1.67. The summed E-state index contributed by atoms with van der Waals surface area (Å²) in [7, 11) is 0. The normalized spacial score (nSPS) is 11.9. The zero-order valence-corrected chi connectivity index (χ0v) is 12.1. The Hall–Kier alpha value is -1.55. The maximum Gasteiger partial charge on any atom is 0.193 e. The van der Waals surface area contributed by atoms with Gasteiger partial charge in [-0.25, -0.2) is 0 Å². The highest BCUT2D eigenvalue weighted by molar-refractivity contribution is 5.92. The molecule has 0 aliphatic carbocycles. The molecule has 0 bridgehead atoms. The number of anilines is 1. The van der Waals surface area contributed by atoms with E-state index in [-0.39, 0.29) is 0 Å². The Balaban J connectivity index is 2.45. The van der Waals surface area contributed by atoms with Crippen LogP contribution in [0.25, 0.3) is 0 Å². The standard InChI is InChI=1S/C15H25N3O/c1-4-19-10-6-9-17-15(16)18-14-8-5-7-13(11-14)12(2)3/h5,7-8,11-12H,4,6,9-10H2,1-3H3,(H3,16,17,18). The number of ether oxygens (including phenoxy) is 1. The van der Waals surface area contributed by atoms with Gasteiger partial charge in [0.15, 0.2) is 5.96 Å². The third kappa shape index (κ3) is 6.25. The van der Waals surface area contributed by atoms with E-state index in [1.165, 1.54) is 5.56 Å². The Morgan fingerprint density at radius 1 is 1.42 bits per heavy atom. The third-order valence-electron chi connectivity index (χ3n) is 2.76. The molecule has 4 nitrogen and oxygen atoms in total. The van der Waals surface area contributed by atoms with Crippen molar-refractivity contribution in [1.82, 2.24) is 0 Å². The molecule has 0 saturated heterocycles. The highest BCUT2D eigenvalue weighted by atomic mass is 16.5. The van der Waals surface area contributed by atoms with Gasteiger partial charge in [0.2, 0.25) is 0 Å². The van der Waals surface area contributed by atoms with Crippen LogP contribution < -0.4 is 11.1 Å². The van der Waals surface area contributed by atoms with E-state index in [1.807, 2.05) is 19.1 Å².